The lowest BCUT2D eigenvalue weighted by atomic mass is 9.80. The molecule has 7 rings (SSSR count). The van der Waals surface area contributed by atoms with Crippen LogP contribution in [0.1, 0.15) is 40.3 Å². The lowest BCUT2D eigenvalue weighted by molar-refractivity contribution is -0.240. The predicted molar refractivity (Wildman–Crippen MR) is 107 cm³/mol. The van der Waals surface area contributed by atoms with Gasteiger partial charge in [-0.1, -0.05) is 23.4 Å². The molecule has 3 bridgehead atoms. The number of anilines is 1. The van der Waals surface area contributed by atoms with Crippen LogP contribution in [0.4, 0.5) is 5.82 Å². The average Bonchev–Trinajstić information content (AvgIpc) is 3.32. The van der Waals surface area contributed by atoms with Crippen LogP contribution in [0.15, 0.2) is 24.3 Å². The summed E-state index contributed by atoms with van der Waals surface area (Å²) in [5, 5.41) is 2.99. The number of benzene rings is 1. The molecule has 0 saturated carbocycles. The fourth-order valence-electron chi connectivity index (χ4n) is 4.73. The number of halogens is 1. The molecule has 3 aromatic rings. The SMILES string of the molecule is Clc1nc(NN2Cc3ccc4c(c3)CC(O4)O2)c2c3c(sc2n1)C1CCC=C31. The Bertz CT molecular complexity index is 1210. The van der Waals surface area contributed by atoms with E-state index in [4.69, 9.17) is 21.2 Å². The number of hydrogen-bond acceptors (Lipinski definition) is 7. The Morgan fingerprint density at radius 1 is 1.29 bits per heavy atom. The highest BCUT2D eigenvalue weighted by Crippen LogP contribution is 2.59. The van der Waals surface area contributed by atoms with Gasteiger partial charge in [0.25, 0.3) is 0 Å². The molecule has 2 aliphatic heterocycles. The molecule has 6 nitrogen and oxygen atoms in total. The van der Waals surface area contributed by atoms with Gasteiger partial charge < -0.3 is 4.74 Å². The number of nitrogens with one attached hydrogen (secondary N) is 1. The van der Waals surface area contributed by atoms with Gasteiger partial charge in [-0.2, -0.15) is 4.98 Å². The van der Waals surface area contributed by atoms with Crippen molar-refractivity contribution in [2.75, 3.05) is 5.43 Å². The van der Waals surface area contributed by atoms with Gasteiger partial charge in [-0.15, -0.1) is 11.3 Å². The number of hydrazine groups is 1. The second-order valence-corrected chi connectivity index (χ2v) is 8.97. The molecular weight excluding hydrogens is 396 g/mol. The van der Waals surface area contributed by atoms with Gasteiger partial charge in [-0.05, 0) is 41.6 Å². The molecule has 0 amide bonds. The first-order valence-electron chi connectivity index (χ1n) is 9.43. The lowest BCUT2D eigenvalue weighted by Gasteiger charge is -2.28. The number of thiophene rings is 1. The quantitative estimate of drug-likeness (QED) is 0.620. The van der Waals surface area contributed by atoms with Gasteiger partial charge in [0.15, 0.2) is 5.82 Å². The summed E-state index contributed by atoms with van der Waals surface area (Å²) in [5.41, 5.74) is 8.43. The molecule has 0 spiro atoms. The van der Waals surface area contributed by atoms with E-state index in [1.54, 1.807) is 16.5 Å². The van der Waals surface area contributed by atoms with Crippen molar-refractivity contribution in [2.45, 2.75) is 38.0 Å². The second-order valence-electron chi connectivity index (χ2n) is 7.60. The summed E-state index contributed by atoms with van der Waals surface area (Å²) in [6.45, 7) is 0.577. The van der Waals surface area contributed by atoms with E-state index >= 15 is 0 Å². The zero-order chi connectivity index (χ0) is 18.4. The van der Waals surface area contributed by atoms with Crippen LogP contribution in [0, 0.1) is 0 Å². The topological polar surface area (TPSA) is 59.5 Å². The Morgan fingerprint density at radius 2 is 2.25 bits per heavy atom. The van der Waals surface area contributed by atoms with E-state index in [0.29, 0.717) is 18.3 Å². The summed E-state index contributed by atoms with van der Waals surface area (Å²) >= 11 is 7.98. The van der Waals surface area contributed by atoms with Gasteiger partial charge >= 0.3 is 0 Å². The van der Waals surface area contributed by atoms with Crippen LogP contribution in [-0.4, -0.2) is 21.4 Å². The molecule has 2 aromatic heterocycles. The highest BCUT2D eigenvalue weighted by Gasteiger charge is 2.40. The molecule has 2 aliphatic carbocycles. The smallest absolute Gasteiger partial charge is 0.225 e. The Hall–Kier alpha value is -2.19. The number of rotatable bonds is 2. The molecule has 2 unspecified atom stereocenters. The number of nitrogens with zero attached hydrogens (tertiary/aromatic N) is 3. The molecule has 2 atom stereocenters. The molecule has 8 heteroatoms. The van der Waals surface area contributed by atoms with E-state index in [1.807, 2.05) is 6.07 Å². The second kappa shape index (κ2) is 5.45. The zero-order valence-corrected chi connectivity index (χ0v) is 16.3. The van der Waals surface area contributed by atoms with Crippen LogP contribution in [0.2, 0.25) is 5.28 Å². The Morgan fingerprint density at radius 3 is 3.21 bits per heavy atom. The van der Waals surface area contributed by atoms with E-state index in [0.717, 1.165) is 34.4 Å². The molecule has 0 fully saturated rings. The molecule has 0 saturated heterocycles. The van der Waals surface area contributed by atoms with Gasteiger partial charge in [0, 0.05) is 28.3 Å². The van der Waals surface area contributed by atoms with E-state index in [2.05, 4.69) is 33.6 Å². The monoisotopic (exact) mass is 410 g/mol. The van der Waals surface area contributed by atoms with E-state index < -0.39 is 0 Å². The Balaban J connectivity index is 1.31. The van der Waals surface area contributed by atoms with Gasteiger partial charge in [-0.3, -0.25) is 5.43 Å². The Kier molecular flexibility index (Phi) is 3.05. The number of allylic oxidation sites excluding steroid dienone is 2. The summed E-state index contributed by atoms with van der Waals surface area (Å²) in [5.74, 6) is 2.16. The van der Waals surface area contributed by atoms with Gasteiger partial charge in [0.05, 0.1) is 11.9 Å². The molecule has 0 radical (unpaired) electrons. The van der Waals surface area contributed by atoms with Crippen molar-refractivity contribution >= 4 is 44.5 Å². The van der Waals surface area contributed by atoms with Crippen LogP contribution in [0.3, 0.4) is 0 Å². The maximum atomic E-state index is 6.24. The van der Waals surface area contributed by atoms with Gasteiger partial charge in [0.2, 0.25) is 11.6 Å². The first kappa shape index (κ1) is 15.7. The molecule has 1 aromatic carbocycles. The minimum Gasteiger partial charge on any atom is -0.463 e. The van der Waals surface area contributed by atoms with Crippen molar-refractivity contribution < 1.29 is 9.57 Å². The highest BCUT2D eigenvalue weighted by atomic mass is 35.5. The molecule has 4 heterocycles. The van der Waals surface area contributed by atoms with Crippen LogP contribution in [-0.2, 0) is 17.8 Å². The number of fused-ring (bicyclic) bond motifs is 8. The Labute approximate surface area is 169 Å². The third-order valence-electron chi connectivity index (χ3n) is 5.92. The number of aromatic nitrogens is 2. The van der Waals surface area contributed by atoms with E-state index in [-0.39, 0.29) is 11.6 Å². The third-order valence-corrected chi connectivity index (χ3v) is 7.29. The van der Waals surface area contributed by atoms with Crippen LogP contribution in [0.25, 0.3) is 15.8 Å². The van der Waals surface area contributed by atoms with E-state index in [9.17, 15) is 0 Å². The predicted octanol–water partition coefficient (Wildman–Crippen LogP) is 4.65. The highest BCUT2D eigenvalue weighted by molar-refractivity contribution is 7.19. The molecular formula is C20H15ClN4O2S. The minimum atomic E-state index is -0.335. The van der Waals surface area contributed by atoms with Crippen molar-refractivity contribution in [3.63, 3.8) is 0 Å². The maximum absolute atomic E-state index is 6.24. The molecule has 1 N–H and O–H groups in total. The van der Waals surface area contributed by atoms with Crippen molar-refractivity contribution in [1.29, 1.82) is 0 Å². The largest absolute Gasteiger partial charge is 0.463 e. The number of hydroxylamine groups is 1. The maximum Gasteiger partial charge on any atom is 0.225 e. The van der Waals surface area contributed by atoms with E-state index in [1.165, 1.54) is 28.0 Å². The average molecular weight is 411 g/mol. The fourth-order valence-corrected chi connectivity index (χ4v) is 6.30. The van der Waals surface area contributed by atoms with Crippen LogP contribution < -0.4 is 10.2 Å². The number of hydrogen-bond donors (Lipinski definition) is 1. The summed E-state index contributed by atoms with van der Waals surface area (Å²) in [6.07, 6.45) is 5.10. The summed E-state index contributed by atoms with van der Waals surface area (Å²) in [4.78, 5) is 17.4. The first-order valence-corrected chi connectivity index (χ1v) is 10.6. The minimum absolute atomic E-state index is 0.241. The van der Waals surface area contributed by atoms with Crippen molar-refractivity contribution in [1.82, 2.24) is 15.1 Å². The summed E-state index contributed by atoms with van der Waals surface area (Å²) in [7, 11) is 0. The fraction of sp³-hybridized carbons (Fsp3) is 0.300. The van der Waals surface area contributed by atoms with Gasteiger partial charge in [0.1, 0.15) is 10.6 Å². The van der Waals surface area contributed by atoms with Crippen molar-refractivity contribution in [3.05, 3.63) is 51.1 Å². The standard InChI is InChI=1S/C20H15ClN4O2S/c21-20-22-18(16-15-11-2-1-3-12(11)17(15)28-19(16)23-20)24-25-8-9-4-5-13-10(6-9)7-14(26-13)27-25/h2,4-6,12,14H,1,3,7-8H2,(H,22,23,24). The molecule has 140 valence electrons. The molecule has 28 heavy (non-hydrogen) atoms. The summed E-state index contributed by atoms with van der Waals surface area (Å²) < 4.78 is 5.89. The lowest BCUT2D eigenvalue weighted by Crippen LogP contribution is -2.36. The summed E-state index contributed by atoms with van der Waals surface area (Å²) in [6, 6.07) is 6.27. The normalized spacial score (nSPS) is 24.2. The first-order chi connectivity index (χ1) is 13.7. The van der Waals surface area contributed by atoms with Crippen LogP contribution >= 0.6 is 22.9 Å². The zero-order valence-electron chi connectivity index (χ0n) is 14.7. The van der Waals surface area contributed by atoms with Crippen molar-refractivity contribution in [3.8, 4) is 5.75 Å². The molecule has 4 aliphatic rings. The van der Waals surface area contributed by atoms with Crippen LogP contribution in [0.5, 0.6) is 5.75 Å². The van der Waals surface area contributed by atoms with Crippen molar-refractivity contribution in [2.24, 2.45) is 0 Å². The third kappa shape index (κ3) is 2.10. The number of ether oxygens (including phenoxy) is 1. The van der Waals surface area contributed by atoms with Gasteiger partial charge in [-0.25, -0.2) is 9.82 Å².